The molecule has 96 valence electrons. The summed E-state index contributed by atoms with van der Waals surface area (Å²) in [6.45, 7) is 2.51. The summed E-state index contributed by atoms with van der Waals surface area (Å²) in [6, 6.07) is 0. The van der Waals surface area contributed by atoms with Crippen LogP contribution in [0.1, 0.15) is 30.1 Å². The Morgan fingerprint density at radius 2 is 2.35 bits per heavy atom. The molecule has 0 spiro atoms. The zero-order valence-electron chi connectivity index (χ0n) is 9.99. The summed E-state index contributed by atoms with van der Waals surface area (Å²) in [4.78, 5) is 11.6. The minimum Gasteiger partial charge on any atom is -0.393 e. The molecule has 0 fully saturated rings. The van der Waals surface area contributed by atoms with Crippen molar-refractivity contribution in [3.63, 3.8) is 0 Å². The van der Waals surface area contributed by atoms with Gasteiger partial charge in [0.1, 0.15) is 10.6 Å². The summed E-state index contributed by atoms with van der Waals surface area (Å²) < 4.78 is 3.94. The number of nitrogens with one attached hydrogen (secondary N) is 2. The van der Waals surface area contributed by atoms with E-state index in [0.717, 1.165) is 18.0 Å². The number of aromatic nitrogens is 1. The van der Waals surface area contributed by atoms with Crippen LogP contribution >= 0.6 is 11.5 Å². The minimum atomic E-state index is -0.323. The van der Waals surface area contributed by atoms with Crippen molar-refractivity contribution in [2.24, 2.45) is 0 Å². The zero-order chi connectivity index (χ0) is 12.8. The van der Waals surface area contributed by atoms with Crippen LogP contribution in [0.4, 0.5) is 10.8 Å². The maximum absolute atomic E-state index is 11.6. The van der Waals surface area contributed by atoms with Gasteiger partial charge in [0, 0.05) is 13.6 Å². The number of carbonyl (C=O) groups is 1. The fraction of sp³-hybridized carbons (Fsp3) is 0.600. The van der Waals surface area contributed by atoms with Gasteiger partial charge in [0.2, 0.25) is 0 Å². The molecule has 1 unspecified atom stereocenters. The van der Waals surface area contributed by atoms with Gasteiger partial charge < -0.3 is 21.5 Å². The predicted molar refractivity (Wildman–Crippen MR) is 69.3 cm³/mol. The van der Waals surface area contributed by atoms with Crippen molar-refractivity contribution in [2.75, 3.05) is 24.6 Å². The Labute approximate surface area is 104 Å². The summed E-state index contributed by atoms with van der Waals surface area (Å²) >= 11 is 1.15. The molecule has 1 amide bonds. The number of amides is 1. The maximum atomic E-state index is 11.6. The smallest absolute Gasteiger partial charge is 0.257 e. The molecule has 0 aromatic carbocycles. The molecule has 1 aromatic rings. The van der Waals surface area contributed by atoms with E-state index in [-0.39, 0.29) is 17.8 Å². The molecule has 1 aromatic heterocycles. The Balaban J connectivity index is 2.62. The number of aliphatic hydroxyl groups excluding tert-OH is 1. The Kier molecular flexibility index (Phi) is 5.17. The highest BCUT2D eigenvalue weighted by molar-refractivity contribution is 7.11. The summed E-state index contributed by atoms with van der Waals surface area (Å²) in [7, 11) is 1.55. The van der Waals surface area contributed by atoms with Gasteiger partial charge in [-0.1, -0.05) is 6.92 Å². The van der Waals surface area contributed by atoms with Crippen LogP contribution in [0.2, 0.25) is 0 Å². The third-order valence-corrected chi connectivity index (χ3v) is 3.23. The van der Waals surface area contributed by atoms with Gasteiger partial charge in [-0.25, -0.2) is 0 Å². The lowest BCUT2D eigenvalue weighted by molar-refractivity contribution is 0.0965. The van der Waals surface area contributed by atoms with E-state index in [1.807, 2.05) is 6.92 Å². The quantitative estimate of drug-likeness (QED) is 0.600. The second-order valence-electron chi connectivity index (χ2n) is 3.63. The third kappa shape index (κ3) is 3.57. The Morgan fingerprint density at radius 3 is 2.94 bits per heavy atom. The minimum absolute atomic E-state index is 0.230. The summed E-state index contributed by atoms with van der Waals surface area (Å²) in [5, 5.41) is 15.6. The summed E-state index contributed by atoms with van der Waals surface area (Å²) in [6.07, 6.45) is 1.02. The molecule has 0 saturated heterocycles. The molecule has 0 aliphatic heterocycles. The number of nitrogens with zero attached hydrogens (tertiary/aromatic N) is 1. The highest BCUT2D eigenvalue weighted by Crippen LogP contribution is 2.26. The molecule has 0 bridgehead atoms. The number of hydrogen-bond donors (Lipinski definition) is 4. The van der Waals surface area contributed by atoms with Crippen LogP contribution in [0, 0.1) is 0 Å². The first-order valence-electron chi connectivity index (χ1n) is 5.49. The van der Waals surface area contributed by atoms with E-state index in [9.17, 15) is 9.90 Å². The molecule has 0 aliphatic rings. The average Bonchev–Trinajstić information content (AvgIpc) is 2.69. The molecular weight excluding hydrogens is 240 g/mol. The van der Waals surface area contributed by atoms with Crippen LogP contribution in [0.3, 0.4) is 0 Å². The monoisotopic (exact) mass is 258 g/mol. The second kappa shape index (κ2) is 6.41. The Bertz CT molecular complexity index is 380. The predicted octanol–water partition coefficient (Wildman–Crippen LogP) is 0.658. The lowest BCUT2D eigenvalue weighted by atomic mass is 10.2. The molecule has 1 rings (SSSR count). The van der Waals surface area contributed by atoms with Crippen molar-refractivity contribution in [1.29, 1.82) is 0 Å². The van der Waals surface area contributed by atoms with E-state index in [0.29, 0.717) is 23.5 Å². The first-order valence-corrected chi connectivity index (χ1v) is 6.26. The van der Waals surface area contributed by atoms with Crippen molar-refractivity contribution in [3.8, 4) is 0 Å². The molecule has 17 heavy (non-hydrogen) atoms. The largest absolute Gasteiger partial charge is 0.393 e. The van der Waals surface area contributed by atoms with E-state index in [2.05, 4.69) is 15.0 Å². The fourth-order valence-electron chi connectivity index (χ4n) is 1.32. The highest BCUT2D eigenvalue weighted by Gasteiger charge is 2.17. The first kappa shape index (κ1) is 13.7. The lowest BCUT2D eigenvalue weighted by Gasteiger charge is -2.09. The molecule has 0 saturated carbocycles. The zero-order valence-corrected chi connectivity index (χ0v) is 10.8. The molecule has 5 N–H and O–H groups in total. The second-order valence-corrected chi connectivity index (χ2v) is 4.40. The van der Waals surface area contributed by atoms with Gasteiger partial charge in [-0.05, 0) is 24.4 Å². The van der Waals surface area contributed by atoms with Crippen molar-refractivity contribution in [1.82, 2.24) is 9.69 Å². The number of rotatable bonds is 6. The van der Waals surface area contributed by atoms with Crippen molar-refractivity contribution in [3.05, 3.63) is 5.56 Å². The first-order chi connectivity index (χ1) is 8.10. The molecule has 0 aliphatic carbocycles. The van der Waals surface area contributed by atoms with E-state index in [4.69, 9.17) is 5.73 Å². The highest BCUT2D eigenvalue weighted by atomic mass is 32.1. The number of hydrogen-bond acceptors (Lipinski definition) is 6. The molecular formula is C10H18N4O2S. The Hall–Kier alpha value is -1.34. The number of aliphatic hydroxyl groups is 1. The van der Waals surface area contributed by atoms with E-state index in [1.165, 1.54) is 0 Å². The van der Waals surface area contributed by atoms with Crippen molar-refractivity contribution in [2.45, 2.75) is 25.9 Å². The standard InChI is InChI=1S/C10H18N4O2S/c1-3-6(15)4-5-13-10-7(9(16)12-2)8(11)14-17-10/h6,13,15H,3-5H2,1-2H3,(H2,11,14)(H,12,16). The van der Waals surface area contributed by atoms with E-state index in [1.54, 1.807) is 7.05 Å². The Morgan fingerprint density at radius 1 is 1.65 bits per heavy atom. The number of anilines is 2. The number of carbonyl (C=O) groups excluding carboxylic acids is 1. The van der Waals surface area contributed by atoms with Crippen LogP contribution in [-0.2, 0) is 0 Å². The summed E-state index contributed by atoms with van der Waals surface area (Å²) in [5.41, 5.74) is 6.00. The van der Waals surface area contributed by atoms with Crippen LogP contribution in [-0.4, -0.2) is 35.1 Å². The number of nitrogens with two attached hydrogens (primary N) is 1. The van der Waals surface area contributed by atoms with Gasteiger partial charge in [0.15, 0.2) is 5.82 Å². The molecule has 1 heterocycles. The van der Waals surface area contributed by atoms with Crippen LogP contribution < -0.4 is 16.4 Å². The normalized spacial score (nSPS) is 12.2. The average molecular weight is 258 g/mol. The van der Waals surface area contributed by atoms with Gasteiger partial charge in [0.05, 0.1) is 6.10 Å². The van der Waals surface area contributed by atoms with Gasteiger partial charge >= 0.3 is 0 Å². The van der Waals surface area contributed by atoms with Crippen molar-refractivity contribution < 1.29 is 9.90 Å². The van der Waals surface area contributed by atoms with Crippen LogP contribution in [0.5, 0.6) is 0 Å². The van der Waals surface area contributed by atoms with Gasteiger partial charge in [-0.15, -0.1) is 0 Å². The van der Waals surface area contributed by atoms with Gasteiger partial charge in [0.25, 0.3) is 5.91 Å². The van der Waals surface area contributed by atoms with E-state index >= 15 is 0 Å². The molecule has 6 nitrogen and oxygen atoms in total. The lowest BCUT2D eigenvalue weighted by Crippen LogP contribution is -2.20. The maximum Gasteiger partial charge on any atom is 0.257 e. The van der Waals surface area contributed by atoms with Gasteiger partial charge in [-0.2, -0.15) is 4.37 Å². The van der Waals surface area contributed by atoms with Crippen LogP contribution in [0.15, 0.2) is 0 Å². The fourth-order valence-corrected chi connectivity index (χ4v) is 2.06. The van der Waals surface area contributed by atoms with Gasteiger partial charge in [-0.3, -0.25) is 4.79 Å². The molecule has 0 radical (unpaired) electrons. The van der Waals surface area contributed by atoms with E-state index < -0.39 is 0 Å². The van der Waals surface area contributed by atoms with Crippen LogP contribution in [0.25, 0.3) is 0 Å². The summed E-state index contributed by atoms with van der Waals surface area (Å²) in [5.74, 6) is -0.0253. The number of nitrogen functional groups attached to an aromatic ring is 1. The SMILES string of the molecule is CCC(O)CCNc1snc(N)c1C(=O)NC. The topological polar surface area (TPSA) is 100 Å². The molecule has 7 heteroatoms. The third-order valence-electron chi connectivity index (χ3n) is 2.41. The van der Waals surface area contributed by atoms with Crippen molar-refractivity contribution >= 4 is 28.3 Å². The molecule has 1 atom stereocenters.